The Morgan fingerprint density at radius 2 is 1.76 bits per heavy atom. The van der Waals surface area contributed by atoms with Crippen molar-refractivity contribution < 1.29 is 14.7 Å². The van der Waals surface area contributed by atoms with Crippen LogP contribution in [0.25, 0.3) is 0 Å². The molecule has 2 amide bonds. The summed E-state index contributed by atoms with van der Waals surface area (Å²) in [5, 5.41) is 12.0. The van der Waals surface area contributed by atoms with Gasteiger partial charge in [-0.15, -0.1) is 0 Å². The van der Waals surface area contributed by atoms with Gasteiger partial charge in [0.25, 0.3) is 0 Å². The van der Waals surface area contributed by atoms with E-state index >= 15 is 0 Å². The molecule has 138 valence electrons. The summed E-state index contributed by atoms with van der Waals surface area (Å²) >= 11 is 0. The van der Waals surface area contributed by atoms with Crippen LogP contribution in [0, 0.1) is 0 Å². The van der Waals surface area contributed by atoms with Crippen molar-refractivity contribution in [1.29, 1.82) is 0 Å². The van der Waals surface area contributed by atoms with Crippen LogP contribution in [0.15, 0.2) is 24.3 Å². The molecule has 1 fully saturated rings. The summed E-state index contributed by atoms with van der Waals surface area (Å²) in [6, 6.07) is 8.62. The number of carboxylic acid groups (broad SMARTS) is 1. The molecule has 0 spiro atoms. The Morgan fingerprint density at radius 1 is 1.16 bits per heavy atom. The topological polar surface area (TPSA) is 72.9 Å². The average molecular weight is 347 g/mol. The van der Waals surface area contributed by atoms with E-state index in [4.69, 9.17) is 5.11 Å². The van der Waals surface area contributed by atoms with Crippen molar-refractivity contribution in [1.82, 2.24) is 15.1 Å². The van der Waals surface area contributed by atoms with E-state index < -0.39 is 5.97 Å². The van der Waals surface area contributed by atoms with E-state index in [1.165, 1.54) is 5.56 Å². The monoisotopic (exact) mass is 347 g/mol. The Balaban J connectivity index is 1.75. The minimum Gasteiger partial charge on any atom is -0.480 e. The van der Waals surface area contributed by atoms with E-state index in [9.17, 15) is 9.59 Å². The number of urea groups is 1. The molecule has 0 aliphatic heterocycles. The van der Waals surface area contributed by atoms with E-state index in [1.54, 1.807) is 11.9 Å². The van der Waals surface area contributed by atoms with Crippen LogP contribution in [0.4, 0.5) is 4.79 Å². The van der Waals surface area contributed by atoms with Gasteiger partial charge in [0.1, 0.15) is 0 Å². The highest BCUT2D eigenvalue weighted by molar-refractivity contribution is 5.74. The molecule has 0 saturated heterocycles. The summed E-state index contributed by atoms with van der Waals surface area (Å²) in [4.78, 5) is 26.8. The fourth-order valence-corrected chi connectivity index (χ4v) is 3.19. The second-order valence-corrected chi connectivity index (χ2v) is 6.75. The van der Waals surface area contributed by atoms with Gasteiger partial charge in [0.05, 0.1) is 6.54 Å². The number of benzene rings is 1. The zero-order chi connectivity index (χ0) is 18.4. The molecule has 0 radical (unpaired) electrons. The molecule has 1 aromatic rings. The van der Waals surface area contributed by atoms with Crippen LogP contribution in [-0.2, 0) is 17.8 Å². The first-order chi connectivity index (χ1) is 11.9. The molecular formula is C19H29N3O3. The summed E-state index contributed by atoms with van der Waals surface area (Å²) in [6.45, 7) is 5.44. The highest BCUT2D eigenvalue weighted by atomic mass is 16.4. The van der Waals surface area contributed by atoms with E-state index in [0.29, 0.717) is 13.1 Å². The van der Waals surface area contributed by atoms with Gasteiger partial charge in [-0.3, -0.25) is 9.69 Å². The number of hydrogen-bond donors (Lipinski definition) is 2. The zero-order valence-corrected chi connectivity index (χ0v) is 15.4. The van der Waals surface area contributed by atoms with Gasteiger partial charge in [-0.05, 0) is 36.9 Å². The van der Waals surface area contributed by atoms with Gasteiger partial charge in [-0.25, -0.2) is 4.79 Å². The van der Waals surface area contributed by atoms with Crippen molar-refractivity contribution in [2.75, 3.05) is 20.1 Å². The molecule has 6 nitrogen and oxygen atoms in total. The molecule has 2 N–H and O–H groups in total. The van der Waals surface area contributed by atoms with Gasteiger partial charge in [0, 0.05) is 25.7 Å². The molecule has 0 bridgehead atoms. The van der Waals surface area contributed by atoms with Crippen LogP contribution in [0.1, 0.15) is 37.8 Å². The minimum absolute atomic E-state index is 0.0650. The number of carboxylic acids is 1. The number of aliphatic carboxylic acids is 1. The van der Waals surface area contributed by atoms with Crippen molar-refractivity contribution in [2.24, 2.45) is 0 Å². The molecular weight excluding hydrogens is 318 g/mol. The maximum atomic E-state index is 12.3. The summed E-state index contributed by atoms with van der Waals surface area (Å²) in [5.74, 6) is -0.803. The van der Waals surface area contributed by atoms with Crippen LogP contribution in [0.3, 0.4) is 0 Å². The van der Waals surface area contributed by atoms with Gasteiger partial charge in [-0.1, -0.05) is 38.1 Å². The second-order valence-electron chi connectivity index (χ2n) is 6.75. The third kappa shape index (κ3) is 5.46. The molecule has 1 aliphatic carbocycles. The van der Waals surface area contributed by atoms with Crippen molar-refractivity contribution >= 4 is 12.0 Å². The summed E-state index contributed by atoms with van der Waals surface area (Å²) in [7, 11) is 1.79. The normalized spacial score (nSPS) is 19.4. The van der Waals surface area contributed by atoms with Crippen LogP contribution >= 0.6 is 0 Å². The summed E-state index contributed by atoms with van der Waals surface area (Å²) < 4.78 is 0. The van der Waals surface area contributed by atoms with Crippen LogP contribution in [0.2, 0.25) is 0 Å². The first-order valence-electron chi connectivity index (χ1n) is 8.98. The van der Waals surface area contributed by atoms with Crippen LogP contribution in [-0.4, -0.2) is 59.1 Å². The molecule has 1 aromatic carbocycles. The molecule has 0 atom stereocenters. The molecule has 0 aromatic heterocycles. The van der Waals surface area contributed by atoms with Gasteiger partial charge in [-0.2, -0.15) is 0 Å². The zero-order valence-electron chi connectivity index (χ0n) is 15.4. The van der Waals surface area contributed by atoms with E-state index in [2.05, 4.69) is 36.5 Å². The Labute approximate surface area is 149 Å². The molecule has 6 heteroatoms. The lowest BCUT2D eigenvalue weighted by atomic mass is 9.85. The number of carbonyl (C=O) groups excluding carboxylic acids is 1. The SMILES string of the molecule is CCc1ccc(CN(C)C(=O)NC2CC(N(CC)CC(=O)O)C2)cc1. The fraction of sp³-hybridized carbons (Fsp3) is 0.579. The highest BCUT2D eigenvalue weighted by Crippen LogP contribution is 2.25. The number of rotatable bonds is 8. The third-order valence-corrected chi connectivity index (χ3v) is 4.90. The Hall–Kier alpha value is -2.08. The van der Waals surface area contributed by atoms with E-state index in [0.717, 1.165) is 24.8 Å². The third-order valence-electron chi connectivity index (χ3n) is 4.90. The van der Waals surface area contributed by atoms with Gasteiger partial charge in [0.15, 0.2) is 0 Å². The fourth-order valence-electron chi connectivity index (χ4n) is 3.19. The maximum Gasteiger partial charge on any atom is 0.317 e. The Morgan fingerprint density at radius 3 is 2.28 bits per heavy atom. The first-order valence-corrected chi connectivity index (χ1v) is 8.98. The minimum atomic E-state index is -0.803. The lowest BCUT2D eigenvalue weighted by molar-refractivity contribution is -0.139. The van der Waals surface area contributed by atoms with Crippen molar-refractivity contribution in [3.05, 3.63) is 35.4 Å². The largest absolute Gasteiger partial charge is 0.480 e. The predicted molar refractivity (Wildman–Crippen MR) is 97.5 cm³/mol. The van der Waals surface area contributed by atoms with E-state index in [1.807, 2.05) is 11.8 Å². The average Bonchev–Trinajstić information content (AvgIpc) is 2.56. The Kier molecular flexibility index (Phi) is 6.82. The number of nitrogens with zero attached hydrogens (tertiary/aromatic N) is 2. The van der Waals surface area contributed by atoms with Gasteiger partial charge in [0.2, 0.25) is 0 Å². The van der Waals surface area contributed by atoms with Crippen molar-refractivity contribution in [3.8, 4) is 0 Å². The lowest BCUT2D eigenvalue weighted by Crippen LogP contribution is -2.56. The van der Waals surface area contributed by atoms with Gasteiger partial charge < -0.3 is 15.3 Å². The van der Waals surface area contributed by atoms with Crippen molar-refractivity contribution in [3.63, 3.8) is 0 Å². The molecule has 0 unspecified atom stereocenters. The van der Waals surface area contributed by atoms with Gasteiger partial charge >= 0.3 is 12.0 Å². The highest BCUT2D eigenvalue weighted by Gasteiger charge is 2.35. The first kappa shape index (κ1) is 19.2. The maximum absolute atomic E-state index is 12.3. The van der Waals surface area contributed by atoms with E-state index in [-0.39, 0.29) is 24.7 Å². The molecule has 25 heavy (non-hydrogen) atoms. The quantitative estimate of drug-likeness (QED) is 0.757. The Bertz CT molecular complexity index is 582. The molecule has 1 saturated carbocycles. The predicted octanol–water partition coefficient (Wildman–Crippen LogP) is 2.33. The van der Waals surface area contributed by atoms with Crippen LogP contribution in [0.5, 0.6) is 0 Å². The van der Waals surface area contributed by atoms with Crippen molar-refractivity contribution in [2.45, 2.75) is 51.7 Å². The number of aryl methyl sites for hydroxylation is 1. The number of carbonyl (C=O) groups is 2. The number of amides is 2. The standard InChI is InChI=1S/C19H29N3O3/c1-4-14-6-8-15(9-7-14)12-21(3)19(25)20-16-10-17(11-16)22(5-2)13-18(23)24/h6-9,16-17H,4-5,10-13H2,1-3H3,(H,20,25)(H,23,24). The number of nitrogens with one attached hydrogen (secondary N) is 1. The lowest BCUT2D eigenvalue weighted by Gasteiger charge is -2.42. The number of hydrogen-bond acceptors (Lipinski definition) is 3. The summed E-state index contributed by atoms with van der Waals surface area (Å²) in [6.07, 6.45) is 2.63. The van der Waals surface area contributed by atoms with Crippen LogP contribution < -0.4 is 5.32 Å². The smallest absolute Gasteiger partial charge is 0.317 e. The summed E-state index contributed by atoms with van der Waals surface area (Å²) in [5.41, 5.74) is 2.40. The molecule has 2 rings (SSSR count). The second kappa shape index (κ2) is 8.85. The number of likely N-dealkylation sites (N-methyl/N-ethyl adjacent to an activating group) is 1. The molecule has 1 aliphatic rings. The molecule has 0 heterocycles.